The average Bonchev–Trinajstić information content (AvgIpc) is 2.15. The molecule has 0 bridgehead atoms. The van der Waals surface area contributed by atoms with Gasteiger partial charge in [-0.2, -0.15) is 13.2 Å². The maximum Gasteiger partial charge on any atom is 0.420 e. The topological polar surface area (TPSA) is 52.3 Å². The van der Waals surface area contributed by atoms with Crippen LogP contribution in [0.2, 0.25) is 5.02 Å². The molecule has 1 rings (SSSR count). The van der Waals surface area contributed by atoms with Crippen molar-refractivity contribution in [3.05, 3.63) is 28.3 Å². The Balaban J connectivity index is 3.62. The van der Waals surface area contributed by atoms with Crippen LogP contribution < -0.4 is 10.5 Å². The van der Waals surface area contributed by atoms with Crippen molar-refractivity contribution in [1.29, 1.82) is 0 Å². The van der Waals surface area contributed by atoms with Crippen molar-refractivity contribution in [2.24, 2.45) is 5.73 Å². The van der Waals surface area contributed by atoms with Gasteiger partial charge in [-0.25, -0.2) is 0 Å². The van der Waals surface area contributed by atoms with E-state index in [0.717, 1.165) is 19.2 Å². The number of nitrogens with two attached hydrogens (primary N) is 1. The molecule has 88 valence electrons. The molecule has 1 aromatic carbocycles. The van der Waals surface area contributed by atoms with Gasteiger partial charge in [-0.3, -0.25) is 4.79 Å². The van der Waals surface area contributed by atoms with Crippen molar-refractivity contribution < 1.29 is 22.7 Å². The Kier molecular flexibility index (Phi) is 3.32. The minimum absolute atomic E-state index is 0.361. The van der Waals surface area contributed by atoms with Crippen LogP contribution in [-0.4, -0.2) is 13.0 Å². The highest BCUT2D eigenvalue weighted by molar-refractivity contribution is 6.34. The van der Waals surface area contributed by atoms with Crippen LogP contribution in [0.4, 0.5) is 13.2 Å². The number of methoxy groups -OCH3 is 1. The summed E-state index contributed by atoms with van der Waals surface area (Å²) in [5, 5.41) is -0.361. The van der Waals surface area contributed by atoms with E-state index in [1.54, 1.807) is 0 Å². The van der Waals surface area contributed by atoms with E-state index in [1.165, 1.54) is 0 Å². The summed E-state index contributed by atoms with van der Waals surface area (Å²) in [4.78, 5) is 10.9. The van der Waals surface area contributed by atoms with Gasteiger partial charge in [-0.15, -0.1) is 0 Å². The fraction of sp³-hybridized carbons (Fsp3) is 0.222. The lowest BCUT2D eigenvalue weighted by Crippen LogP contribution is -2.20. The fourth-order valence-electron chi connectivity index (χ4n) is 1.25. The van der Waals surface area contributed by atoms with Crippen molar-refractivity contribution in [2.75, 3.05) is 7.11 Å². The van der Waals surface area contributed by atoms with Crippen LogP contribution in [0.5, 0.6) is 5.75 Å². The first-order valence-electron chi connectivity index (χ1n) is 4.02. The Labute approximate surface area is 93.9 Å². The molecule has 0 radical (unpaired) electrons. The predicted octanol–water partition coefficient (Wildman–Crippen LogP) is 2.47. The number of primary amides is 1. The van der Waals surface area contributed by atoms with Gasteiger partial charge in [0.1, 0.15) is 11.3 Å². The number of hydrogen-bond donors (Lipinski definition) is 1. The van der Waals surface area contributed by atoms with Gasteiger partial charge in [0, 0.05) is 0 Å². The summed E-state index contributed by atoms with van der Waals surface area (Å²) < 4.78 is 42.6. The summed E-state index contributed by atoms with van der Waals surface area (Å²) in [6, 6.07) is 2.15. The third-order valence-electron chi connectivity index (χ3n) is 1.87. The van der Waals surface area contributed by atoms with E-state index in [4.69, 9.17) is 17.3 Å². The second kappa shape index (κ2) is 4.21. The molecule has 1 aromatic rings. The van der Waals surface area contributed by atoms with E-state index in [0.29, 0.717) is 0 Å². The van der Waals surface area contributed by atoms with Crippen LogP contribution in [0.25, 0.3) is 0 Å². The Morgan fingerprint density at radius 3 is 2.38 bits per heavy atom. The Hall–Kier alpha value is -1.43. The van der Waals surface area contributed by atoms with E-state index >= 15 is 0 Å². The third kappa shape index (κ3) is 2.21. The fourth-order valence-corrected chi connectivity index (χ4v) is 1.50. The van der Waals surface area contributed by atoms with Gasteiger partial charge >= 0.3 is 6.18 Å². The zero-order chi connectivity index (χ0) is 12.5. The Morgan fingerprint density at radius 2 is 2.00 bits per heavy atom. The maximum absolute atomic E-state index is 12.7. The minimum Gasteiger partial charge on any atom is -0.496 e. The van der Waals surface area contributed by atoms with Crippen molar-refractivity contribution in [3.8, 4) is 5.75 Å². The van der Waals surface area contributed by atoms with Crippen molar-refractivity contribution in [2.45, 2.75) is 6.18 Å². The van der Waals surface area contributed by atoms with Gasteiger partial charge in [-0.1, -0.05) is 11.6 Å². The van der Waals surface area contributed by atoms with Gasteiger partial charge in [0.2, 0.25) is 0 Å². The first-order valence-corrected chi connectivity index (χ1v) is 4.40. The number of halogens is 4. The molecule has 0 aromatic heterocycles. The standard InChI is InChI=1S/C9H7ClF3NO2/c1-16-5-3-2-4(10)6(8(14)15)7(5)9(11,12)13/h2-3H,1H3,(H2,14,15). The number of ether oxygens (including phenoxy) is 1. The van der Waals surface area contributed by atoms with Crippen LogP contribution >= 0.6 is 11.6 Å². The molecule has 0 aliphatic carbocycles. The van der Waals surface area contributed by atoms with E-state index in [9.17, 15) is 18.0 Å². The quantitative estimate of drug-likeness (QED) is 0.880. The lowest BCUT2D eigenvalue weighted by Gasteiger charge is -2.15. The first kappa shape index (κ1) is 12.6. The lowest BCUT2D eigenvalue weighted by molar-refractivity contribution is -0.139. The average molecular weight is 254 g/mol. The minimum atomic E-state index is -4.76. The number of alkyl halides is 3. The molecule has 0 spiro atoms. The van der Waals surface area contributed by atoms with Gasteiger partial charge in [-0.05, 0) is 12.1 Å². The molecule has 3 nitrogen and oxygen atoms in total. The monoisotopic (exact) mass is 253 g/mol. The van der Waals surface area contributed by atoms with E-state index in [2.05, 4.69) is 4.74 Å². The predicted molar refractivity (Wildman–Crippen MR) is 51.5 cm³/mol. The highest BCUT2D eigenvalue weighted by Gasteiger charge is 2.39. The molecule has 0 fully saturated rings. The van der Waals surface area contributed by atoms with Gasteiger partial charge in [0.15, 0.2) is 0 Å². The third-order valence-corrected chi connectivity index (χ3v) is 2.18. The van der Waals surface area contributed by atoms with E-state index in [1.807, 2.05) is 0 Å². The summed E-state index contributed by atoms with van der Waals surface area (Å²) in [6.07, 6.45) is -4.76. The van der Waals surface area contributed by atoms with E-state index in [-0.39, 0.29) is 5.02 Å². The molecule has 0 saturated carbocycles. The normalized spacial score (nSPS) is 11.3. The van der Waals surface area contributed by atoms with Gasteiger partial charge < -0.3 is 10.5 Å². The molecule has 0 saturated heterocycles. The SMILES string of the molecule is COc1ccc(Cl)c(C(N)=O)c1C(F)(F)F. The number of benzene rings is 1. The Morgan fingerprint density at radius 1 is 1.44 bits per heavy atom. The van der Waals surface area contributed by atoms with Crippen LogP contribution in [0.3, 0.4) is 0 Å². The Bertz CT molecular complexity index is 431. The first-order chi connectivity index (χ1) is 7.29. The molecule has 0 aliphatic rings. The molecular formula is C9H7ClF3NO2. The summed E-state index contributed by atoms with van der Waals surface area (Å²) in [5.41, 5.74) is 2.82. The summed E-state index contributed by atoms with van der Waals surface area (Å²) in [7, 11) is 1.06. The molecule has 0 heterocycles. The molecule has 0 unspecified atom stereocenters. The zero-order valence-corrected chi connectivity index (χ0v) is 8.82. The van der Waals surface area contributed by atoms with E-state index < -0.39 is 29.0 Å². The van der Waals surface area contributed by atoms with Crippen LogP contribution in [-0.2, 0) is 6.18 Å². The maximum atomic E-state index is 12.7. The molecule has 0 aliphatic heterocycles. The lowest BCUT2D eigenvalue weighted by atomic mass is 10.1. The van der Waals surface area contributed by atoms with Crippen LogP contribution in [0, 0.1) is 0 Å². The number of amides is 1. The smallest absolute Gasteiger partial charge is 0.420 e. The summed E-state index contributed by atoms with van der Waals surface area (Å²) in [6.45, 7) is 0. The van der Waals surface area contributed by atoms with Crippen molar-refractivity contribution >= 4 is 17.5 Å². The van der Waals surface area contributed by atoms with Gasteiger partial charge in [0.25, 0.3) is 5.91 Å². The highest BCUT2D eigenvalue weighted by atomic mass is 35.5. The number of hydrogen-bond acceptors (Lipinski definition) is 2. The molecule has 7 heteroatoms. The van der Waals surface area contributed by atoms with Crippen LogP contribution in [0.1, 0.15) is 15.9 Å². The van der Waals surface area contributed by atoms with Crippen LogP contribution in [0.15, 0.2) is 12.1 Å². The second-order valence-corrected chi connectivity index (χ2v) is 3.27. The highest BCUT2D eigenvalue weighted by Crippen LogP contribution is 2.41. The largest absolute Gasteiger partial charge is 0.496 e. The second-order valence-electron chi connectivity index (χ2n) is 2.86. The number of carbonyl (C=O) groups excluding carboxylic acids is 1. The summed E-state index contributed by atoms with van der Waals surface area (Å²) in [5.74, 6) is -1.75. The molecule has 1 amide bonds. The number of rotatable bonds is 2. The van der Waals surface area contributed by atoms with Crippen molar-refractivity contribution in [1.82, 2.24) is 0 Å². The summed E-state index contributed by atoms with van der Waals surface area (Å²) >= 11 is 5.50. The number of carbonyl (C=O) groups is 1. The molecule has 16 heavy (non-hydrogen) atoms. The van der Waals surface area contributed by atoms with Crippen molar-refractivity contribution in [3.63, 3.8) is 0 Å². The van der Waals surface area contributed by atoms with Gasteiger partial charge in [0.05, 0.1) is 17.7 Å². The molecule has 0 atom stereocenters. The zero-order valence-electron chi connectivity index (χ0n) is 8.06. The molecular weight excluding hydrogens is 247 g/mol. The molecule has 2 N–H and O–H groups in total.